The summed E-state index contributed by atoms with van der Waals surface area (Å²) in [6.45, 7) is -2.24. The van der Waals surface area contributed by atoms with E-state index in [1.165, 1.54) is 0 Å². The van der Waals surface area contributed by atoms with E-state index in [1.807, 2.05) is 0 Å². The van der Waals surface area contributed by atoms with Crippen molar-refractivity contribution in [3.05, 3.63) is 0 Å². The van der Waals surface area contributed by atoms with Crippen LogP contribution in [0.3, 0.4) is 0 Å². The highest BCUT2D eigenvalue weighted by molar-refractivity contribution is 7.87. The molecular weight excluding hydrogens is 638 g/mol. The average molecular weight is 679 g/mol. The summed E-state index contributed by atoms with van der Waals surface area (Å²) < 4.78 is 77.6. The van der Waals surface area contributed by atoms with Crippen molar-refractivity contribution >= 4 is 34.0 Å². The molecule has 0 aromatic rings. The molecule has 0 saturated heterocycles. The van der Waals surface area contributed by atoms with Gasteiger partial charge in [-0.05, 0) is 101 Å². The van der Waals surface area contributed by atoms with Crippen molar-refractivity contribution in [2.24, 2.45) is 34.5 Å². The molecule has 8 saturated carbocycles. The van der Waals surface area contributed by atoms with Crippen molar-refractivity contribution in [2.45, 2.75) is 106 Å². The molecule has 258 valence electrons. The van der Waals surface area contributed by atoms with E-state index >= 15 is 0 Å². The number of aliphatic hydroxyl groups is 2. The van der Waals surface area contributed by atoms with Crippen LogP contribution in [0.5, 0.6) is 0 Å². The number of carbonyl (C=O) groups excluding carboxylic acids is 4. The fraction of sp³-hybridized carbons (Fsp3) is 0.867. The molecule has 0 spiro atoms. The summed E-state index contributed by atoms with van der Waals surface area (Å²) in [6, 6.07) is 0. The van der Waals surface area contributed by atoms with Crippen LogP contribution in [-0.2, 0) is 48.2 Å². The number of halogens is 2. The largest absolute Gasteiger partial charge is 0.465 e. The third-order valence-electron chi connectivity index (χ3n) is 11.2. The monoisotopic (exact) mass is 678 g/mol. The smallest absolute Gasteiger partial charge is 0.465 e. The Morgan fingerprint density at radius 1 is 0.761 bits per heavy atom. The van der Waals surface area contributed by atoms with Gasteiger partial charge in [0.15, 0.2) is 6.61 Å². The van der Waals surface area contributed by atoms with Gasteiger partial charge in [-0.25, -0.2) is 9.59 Å². The zero-order chi connectivity index (χ0) is 33.3. The van der Waals surface area contributed by atoms with Crippen molar-refractivity contribution in [1.29, 1.82) is 0 Å². The second-order valence-electron chi connectivity index (χ2n) is 15.1. The fourth-order valence-corrected chi connectivity index (χ4v) is 10.6. The zero-order valence-corrected chi connectivity index (χ0v) is 26.1. The van der Waals surface area contributed by atoms with Crippen LogP contribution < -0.4 is 0 Å². The maximum Gasteiger partial charge on any atom is 0.465 e. The molecule has 8 aliphatic carbocycles. The predicted octanol–water partition coefficient (Wildman–Crippen LogP) is 2.06. The Balaban J connectivity index is 1.07. The maximum atomic E-state index is 13.5. The molecule has 0 aromatic carbocycles. The zero-order valence-electron chi connectivity index (χ0n) is 25.3. The van der Waals surface area contributed by atoms with E-state index in [0.717, 1.165) is 12.8 Å². The third-order valence-corrected chi connectivity index (χ3v) is 12.0. The van der Waals surface area contributed by atoms with Gasteiger partial charge in [0, 0.05) is 6.42 Å². The van der Waals surface area contributed by atoms with Crippen LogP contribution in [0.25, 0.3) is 0 Å². The minimum absolute atomic E-state index is 0.185. The minimum Gasteiger partial charge on any atom is -0.465 e. The van der Waals surface area contributed by atoms with E-state index < -0.39 is 80.6 Å². The standard InChI is InChI=1S/C30H40F2O13S/c31-30(32,46(39,40)41)25(36)44-14-22(33)45-21(13-43-24(35)27-7-19-4-20(8-27)12-29(38,11-19)16-27)1-2-42-23(34)26-5-17-3-18(6-26)10-28(37,9-17)15-26/h17-21,37-38H,1-16H2,(H,39,40,41). The van der Waals surface area contributed by atoms with Gasteiger partial charge in [-0.2, -0.15) is 17.2 Å². The molecule has 5 unspecified atom stereocenters. The molecule has 8 bridgehead atoms. The summed E-state index contributed by atoms with van der Waals surface area (Å²) in [4.78, 5) is 50.6. The molecule has 0 heterocycles. The molecule has 3 N–H and O–H groups in total. The fourth-order valence-electron chi connectivity index (χ4n) is 10.4. The van der Waals surface area contributed by atoms with Gasteiger partial charge in [-0.1, -0.05) is 0 Å². The first-order valence-electron chi connectivity index (χ1n) is 15.8. The number of esters is 4. The van der Waals surface area contributed by atoms with Crippen molar-refractivity contribution in [3.63, 3.8) is 0 Å². The molecular formula is C30H40F2O13S. The third kappa shape index (κ3) is 6.26. The highest BCUT2D eigenvalue weighted by atomic mass is 32.2. The lowest BCUT2D eigenvalue weighted by Crippen LogP contribution is -2.58. The lowest BCUT2D eigenvalue weighted by atomic mass is 9.48. The number of alkyl halides is 2. The van der Waals surface area contributed by atoms with Gasteiger partial charge in [0.2, 0.25) is 0 Å². The van der Waals surface area contributed by atoms with Gasteiger partial charge in [0.1, 0.15) is 12.7 Å². The minimum atomic E-state index is -6.15. The number of hydrogen-bond acceptors (Lipinski definition) is 12. The van der Waals surface area contributed by atoms with Gasteiger partial charge in [-0.3, -0.25) is 14.1 Å². The van der Waals surface area contributed by atoms with Crippen molar-refractivity contribution in [2.75, 3.05) is 19.8 Å². The predicted molar refractivity (Wildman–Crippen MR) is 148 cm³/mol. The summed E-state index contributed by atoms with van der Waals surface area (Å²) in [7, 11) is -6.15. The van der Waals surface area contributed by atoms with Crippen molar-refractivity contribution in [1.82, 2.24) is 0 Å². The summed E-state index contributed by atoms with van der Waals surface area (Å²) in [5, 5.41) is 16.7. The van der Waals surface area contributed by atoms with Crippen LogP contribution >= 0.6 is 0 Å². The number of carbonyl (C=O) groups is 4. The lowest BCUT2D eigenvalue weighted by molar-refractivity contribution is -0.200. The molecule has 5 atom stereocenters. The second-order valence-corrected chi connectivity index (χ2v) is 16.6. The quantitative estimate of drug-likeness (QED) is 0.154. The molecule has 8 aliphatic rings. The van der Waals surface area contributed by atoms with E-state index in [2.05, 4.69) is 4.74 Å². The van der Waals surface area contributed by atoms with E-state index in [1.54, 1.807) is 0 Å². The van der Waals surface area contributed by atoms with E-state index in [9.17, 15) is 46.6 Å². The van der Waals surface area contributed by atoms with E-state index in [4.69, 9.17) is 18.8 Å². The van der Waals surface area contributed by atoms with Gasteiger partial charge in [-0.15, -0.1) is 0 Å². The van der Waals surface area contributed by atoms with Gasteiger partial charge >= 0.3 is 39.2 Å². The SMILES string of the molecule is O=C(COC(=O)C(F)(F)S(=O)(=O)O)OC(CCOC(=O)C12CC3CC(CC(O)(C3)C1)C2)COC(=O)C12CC3CC(CC(O)(C3)C1)C2. The van der Waals surface area contributed by atoms with Crippen LogP contribution in [-0.4, -0.2) is 89.4 Å². The van der Waals surface area contributed by atoms with Crippen LogP contribution in [0.15, 0.2) is 0 Å². The topological polar surface area (TPSA) is 200 Å². The molecule has 16 heteroatoms. The number of rotatable bonds is 12. The van der Waals surface area contributed by atoms with Gasteiger partial charge in [0.25, 0.3) is 0 Å². The van der Waals surface area contributed by atoms with Crippen molar-refractivity contribution < 1.29 is 70.1 Å². The molecule has 46 heavy (non-hydrogen) atoms. The summed E-state index contributed by atoms with van der Waals surface area (Å²) in [5.41, 5.74) is -3.55. The van der Waals surface area contributed by atoms with Gasteiger partial charge < -0.3 is 29.2 Å². The highest BCUT2D eigenvalue weighted by Gasteiger charge is 2.62. The molecule has 0 radical (unpaired) electrons. The first-order chi connectivity index (χ1) is 21.3. The van der Waals surface area contributed by atoms with Crippen LogP contribution in [0.4, 0.5) is 8.78 Å². The molecule has 8 fully saturated rings. The Bertz CT molecular complexity index is 1370. The Morgan fingerprint density at radius 3 is 1.65 bits per heavy atom. The lowest BCUT2D eigenvalue weighted by Gasteiger charge is -2.58. The summed E-state index contributed by atoms with van der Waals surface area (Å²) >= 11 is 0. The summed E-state index contributed by atoms with van der Waals surface area (Å²) in [5.74, 6) is -4.31. The Morgan fingerprint density at radius 2 is 1.22 bits per heavy atom. The highest BCUT2D eigenvalue weighted by Crippen LogP contribution is 2.63. The Kier molecular flexibility index (Phi) is 8.25. The average Bonchev–Trinajstić information content (AvgIpc) is 2.90. The molecule has 0 amide bonds. The molecule has 13 nitrogen and oxygen atoms in total. The normalized spacial score (nSPS) is 39.5. The number of ether oxygens (including phenoxy) is 4. The van der Waals surface area contributed by atoms with Gasteiger partial charge in [0.05, 0.1) is 28.6 Å². The first-order valence-corrected chi connectivity index (χ1v) is 17.3. The van der Waals surface area contributed by atoms with E-state index in [0.29, 0.717) is 57.8 Å². The Labute approximate surface area is 264 Å². The van der Waals surface area contributed by atoms with E-state index in [-0.39, 0.29) is 43.1 Å². The maximum absolute atomic E-state index is 13.5. The van der Waals surface area contributed by atoms with Crippen LogP contribution in [0, 0.1) is 34.5 Å². The van der Waals surface area contributed by atoms with Crippen LogP contribution in [0.1, 0.15) is 83.5 Å². The Hall–Kier alpha value is -2.43. The molecule has 8 rings (SSSR count). The van der Waals surface area contributed by atoms with Crippen LogP contribution in [0.2, 0.25) is 0 Å². The molecule has 0 aliphatic heterocycles. The molecule has 0 aromatic heterocycles. The number of hydrogen-bond donors (Lipinski definition) is 3. The summed E-state index contributed by atoms with van der Waals surface area (Å²) in [6.07, 6.45) is 5.87. The first kappa shape index (κ1) is 33.5. The van der Waals surface area contributed by atoms with Crippen molar-refractivity contribution in [3.8, 4) is 0 Å². The second kappa shape index (κ2) is 11.3.